The van der Waals surface area contributed by atoms with Gasteiger partial charge in [-0.1, -0.05) is 48.5 Å². The number of benzene rings is 2. The summed E-state index contributed by atoms with van der Waals surface area (Å²) in [6.45, 7) is 1.99. The van der Waals surface area contributed by atoms with Crippen molar-refractivity contribution in [2.75, 3.05) is 13.7 Å². The number of carboxylic acid groups (broad SMARTS) is 1. The Morgan fingerprint density at radius 2 is 1.87 bits per heavy atom. The maximum absolute atomic E-state index is 12.2. The lowest BCUT2D eigenvalue weighted by atomic mass is 10.0. The SMILES string of the molecule is CCc1c(/C(=N\OC)C(N)=O)c2c(OCC(=O)O)cccc2n1Cc1ccccc1. The smallest absolute Gasteiger partial charge is 0.341 e. The summed E-state index contributed by atoms with van der Waals surface area (Å²) in [5.41, 5.74) is 8.71. The maximum Gasteiger partial charge on any atom is 0.341 e. The first kappa shape index (κ1) is 20.9. The zero-order chi connectivity index (χ0) is 21.7. The van der Waals surface area contributed by atoms with Gasteiger partial charge >= 0.3 is 5.97 Å². The standard InChI is InChI=1S/C22H23N3O5/c1-3-15-20(21(22(23)28)24-29-2)19-16(10-7-11-17(19)30-13-18(26)27)25(15)12-14-8-5-4-6-9-14/h4-11H,3,12-13H2,1-2H3,(H2,23,28)(H,26,27)/b24-21+. The molecule has 8 heteroatoms. The van der Waals surface area contributed by atoms with E-state index in [0.29, 0.717) is 29.7 Å². The molecular weight excluding hydrogens is 386 g/mol. The van der Waals surface area contributed by atoms with E-state index in [0.717, 1.165) is 16.8 Å². The number of nitrogens with zero attached hydrogens (tertiary/aromatic N) is 2. The molecule has 156 valence electrons. The van der Waals surface area contributed by atoms with Gasteiger partial charge in [0, 0.05) is 17.8 Å². The normalized spacial score (nSPS) is 11.5. The van der Waals surface area contributed by atoms with Gasteiger partial charge in [0.2, 0.25) is 0 Å². The number of carbonyl (C=O) groups is 2. The number of aliphatic carboxylic acids is 1. The van der Waals surface area contributed by atoms with E-state index < -0.39 is 18.5 Å². The van der Waals surface area contributed by atoms with E-state index in [2.05, 4.69) is 9.72 Å². The van der Waals surface area contributed by atoms with E-state index in [9.17, 15) is 9.59 Å². The summed E-state index contributed by atoms with van der Waals surface area (Å²) in [7, 11) is 1.33. The zero-order valence-corrected chi connectivity index (χ0v) is 16.8. The molecule has 0 atom stereocenters. The Kier molecular flexibility index (Phi) is 6.36. The maximum atomic E-state index is 12.2. The summed E-state index contributed by atoms with van der Waals surface area (Å²) in [6.07, 6.45) is 0.575. The number of oxime groups is 1. The van der Waals surface area contributed by atoms with Gasteiger partial charge in [0.05, 0.1) is 10.9 Å². The molecule has 3 rings (SSSR count). The fourth-order valence-corrected chi connectivity index (χ4v) is 3.55. The highest BCUT2D eigenvalue weighted by Gasteiger charge is 2.26. The van der Waals surface area contributed by atoms with E-state index in [-0.39, 0.29) is 5.71 Å². The summed E-state index contributed by atoms with van der Waals surface area (Å²) in [5, 5.41) is 13.5. The highest BCUT2D eigenvalue weighted by molar-refractivity contribution is 6.47. The number of nitrogens with two attached hydrogens (primary N) is 1. The van der Waals surface area contributed by atoms with Crippen molar-refractivity contribution in [1.29, 1.82) is 0 Å². The van der Waals surface area contributed by atoms with Crippen molar-refractivity contribution in [3.8, 4) is 5.75 Å². The quantitative estimate of drug-likeness (QED) is 0.416. The van der Waals surface area contributed by atoms with Crippen LogP contribution >= 0.6 is 0 Å². The van der Waals surface area contributed by atoms with Crippen LogP contribution in [0.4, 0.5) is 0 Å². The molecule has 0 aliphatic heterocycles. The minimum Gasteiger partial charge on any atom is -0.481 e. The highest BCUT2D eigenvalue weighted by atomic mass is 16.6. The second kappa shape index (κ2) is 9.13. The third kappa shape index (κ3) is 4.12. The van der Waals surface area contributed by atoms with Crippen LogP contribution in [0.2, 0.25) is 0 Å². The van der Waals surface area contributed by atoms with E-state index in [1.54, 1.807) is 12.1 Å². The van der Waals surface area contributed by atoms with Crippen molar-refractivity contribution >= 4 is 28.5 Å². The van der Waals surface area contributed by atoms with Crippen LogP contribution in [-0.4, -0.2) is 41.0 Å². The van der Waals surface area contributed by atoms with Gasteiger partial charge in [-0.05, 0) is 24.1 Å². The lowest BCUT2D eigenvalue weighted by Crippen LogP contribution is -2.26. The molecule has 30 heavy (non-hydrogen) atoms. The molecule has 0 saturated carbocycles. The zero-order valence-electron chi connectivity index (χ0n) is 16.8. The number of amides is 1. The van der Waals surface area contributed by atoms with Crippen LogP contribution in [-0.2, 0) is 27.4 Å². The molecule has 0 saturated heterocycles. The van der Waals surface area contributed by atoms with E-state index >= 15 is 0 Å². The van der Waals surface area contributed by atoms with Crippen LogP contribution in [0.3, 0.4) is 0 Å². The summed E-state index contributed by atoms with van der Waals surface area (Å²) in [5.74, 6) is -1.52. The van der Waals surface area contributed by atoms with Gasteiger partial charge < -0.3 is 25.0 Å². The number of ether oxygens (including phenoxy) is 1. The molecule has 1 heterocycles. The van der Waals surface area contributed by atoms with Crippen LogP contribution in [0.1, 0.15) is 23.7 Å². The molecule has 0 unspecified atom stereocenters. The predicted molar refractivity (Wildman–Crippen MR) is 113 cm³/mol. The second-order valence-electron chi connectivity index (χ2n) is 6.57. The van der Waals surface area contributed by atoms with E-state index in [1.165, 1.54) is 7.11 Å². The van der Waals surface area contributed by atoms with Gasteiger partial charge in [-0.15, -0.1) is 0 Å². The molecule has 2 aromatic carbocycles. The average molecular weight is 409 g/mol. The summed E-state index contributed by atoms with van der Waals surface area (Å²) < 4.78 is 7.59. The van der Waals surface area contributed by atoms with Crippen molar-refractivity contribution in [3.05, 3.63) is 65.4 Å². The van der Waals surface area contributed by atoms with Crippen molar-refractivity contribution in [2.24, 2.45) is 10.9 Å². The molecule has 0 aliphatic carbocycles. The number of rotatable bonds is 9. The first-order valence-corrected chi connectivity index (χ1v) is 9.41. The van der Waals surface area contributed by atoms with E-state index in [4.69, 9.17) is 20.4 Å². The molecule has 0 spiro atoms. The Labute approximate surface area is 173 Å². The Balaban J connectivity index is 2.33. The third-order valence-electron chi connectivity index (χ3n) is 4.68. The lowest BCUT2D eigenvalue weighted by molar-refractivity contribution is -0.139. The van der Waals surface area contributed by atoms with Gasteiger partial charge in [-0.3, -0.25) is 4.79 Å². The summed E-state index contributed by atoms with van der Waals surface area (Å²) >= 11 is 0. The monoisotopic (exact) mass is 409 g/mol. The Morgan fingerprint density at radius 1 is 1.13 bits per heavy atom. The Hall–Kier alpha value is -3.81. The molecule has 0 aliphatic rings. The van der Waals surface area contributed by atoms with Crippen LogP contribution in [0, 0.1) is 0 Å². The first-order valence-electron chi connectivity index (χ1n) is 9.41. The topological polar surface area (TPSA) is 116 Å². The van der Waals surface area contributed by atoms with Gasteiger partial charge in [0.1, 0.15) is 12.9 Å². The van der Waals surface area contributed by atoms with Crippen molar-refractivity contribution in [1.82, 2.24) is 4.57 Å². The number of hydrogen-bond donors (Lipinski definition) is 2. The number of aromatic nitrogens is 1. The molecular formula is C22H23N3O5. The molecule has 0 fully saturated rings. The van der Waals surface area contributed by atoms with Crippen LogP contribution in [0.15, 0.2) is 53.7 Å². The van der Waals surface area contributed by atoms with Crippen molar-refractivity contribution in [2.45, 2.75) is 19.9 Å². The van der Waals surface area contributed by atoms with Crippen LogP contribution < -0.4 is 10.5 Å². The number of carboxylic acids is 1. The van der Waals surface area contributed by atoms with Gasteiger partial charge in [0.15, 0.2) is 12.3 Å². The molecule has 3 aromatic rings. The number of primary amides is 1. The summed E-state index contributed by atoms with van der Waals surface area (Å²) in [6, 6.07) is 15.2. The lowest BCUT2D eigenvalue weighted by Gasteiger charge is -2.11. The second-order valence-corrected chi connectivity index (χ2v) is 6.57. The van der Waals surface area contributed by atoms with Crippen molar-refractivity contribution < 1.29 is 24.3 Å². The fourth-order valence-electron chi connectivity index (χ4n) is 3.55. The highest BCUT2D eigenvalue weighted by Crippen LogP contribution is 2.35. The molecule has 0 radical (unpaired) electrons. The largest absolute Gasteiger partial charge is 0.481 e. The molecule has 1 amide bonds. The minimum atomic E-state index is -1.10. The van der Waals surface area contributed by atoms with Crippen molar-refractivity contribution in [3.63, 3.8) is 0 Å². The van der Waals surface area contributed by atoms with E-state index in [1.807, 2.05) is 43.3 Å². The van der Waals surface area contributed by atoms with Gasteiger partial charge in [-0.25, -0.2) is 4.79 Å². The van der Waals surface area contributed by atoms with Crippen LogP contribution in [0.25, 0.3) is 10.9 Å². The van der Waals surface area contributed by atoms with Crippen LogP contribution in [0.5, 0.6) is 5.75 Å². The average Bonchev–Trinajstić information content (AvgIpc) is 3.04. The number of carbonyl (C=O) groups excluding carboxylic acids is 1. The Morgan fingerprint density at radius 3 is 2.47 bits per heavy atom. The minimum absolute atomic E-state index is 0.0439. The molecule has 3 N–H and O–H groups in total. The first-order chi connectivity index (χ1) is 14.5. The number of hydrogen-bond acceptors (Lipinski definition) is 5. The van der Waals surface area contributed by atoms with Gasteiger partial charge in [-0.2, -0.15) is 0 Å². The Bertz CT molecular complexity index is 1100. The summed E-state index contributed by atoms with van der Waals surface area (Å²) in [4.78, 5) is 28.2. The molecule has 8 nitrogen and oxygen atoms in total. The fraction of sp³-hybridized carbons (Fsp3) is 0.227. The predicted octanol–water partition coefficient (Wildman–Crippen LogP) is 2.55. The van der Waals surface area contributed by atoms with Gasteiger partial charge in [0.25, 0.3) is 5.91 Å². The molecule has 0 bridgehead atoms. The third-order valence-corrected chi connectivity index (χ3v) is 4.68. The molecule has 1 aromatic heterocycles. The number of fused-ring (bicyclic) bond motifs is 1.